The van der Waals surface area contributed by atoms with Gasteiger partial charge in [0.15, 0.2) is 0 Å². The molecule has 0 amide bonds. The number of hydrogen-bond acceptors (Lipinski definition) is 3. The Balaban J connectivity index is 2.18. The van der Waals surface area contributed by atoms with Crippen LogP contribution >= 0.6 is 11.3 Å². The Morgan fingerprint density at radius 1 is 1.21 bits per heavy atom. The topological polar surface area (TPSA) is 24.9 Å². The molecule has 1 aromatic rings. The first-order chi connectivity index (χ1) is 8.68. The van der Waals surface area contributed by atoms with Gasteiger partial charge in [-0.3, -0.25) is 0 Å². The minimum atomic E-state index is -4.03. The molecule has 1 heterocycles. The molecule has 1 N–H and O–H groups in total. The van der Waals surface area contributed by atoms with Crippen molar-refractivity contribution in [2.75, 3.05) is 6.54 Å². The Labute approximate surface area is 116 Å². The number of aromatic nitrogens is 1. The second kappa shape index (κ2) is 6.70. The van der Waals surface area contributed by atoms with Crippen LogP contribution in [0.5, 0.6) is 0 Å². The fraction of sp³-hybridized carbons (Fsp3) is 0.769. The summed E-state index contributed by atoms with van der Waals surface area (Å²) in [6, 6.07) is 0. The maximum absolute atomic E-state index is 11.9. The largest absolute Gasteiger partial charge is 0.389 e. The first-order valence-corrected chi connectivity index (χ1v) is 7.23. The first-order valence-electron chi connectivity index (χ1n) is 6.41. The van der Waals surface area contributed by atoms with Gasteiger partial charge in [-0.1, -0.05) is 20.8 Å². The molecule has 110 valence electrons. The third-order valence-corrected chi connectivity index (χ3v) is 3.98. The molecule has 6 heteroatoms. The van der Waals surface area contributed by atoms with E-state index in [4.69, 9.17) is 0 Å². The third-order valence-electron chi connectivity index (χ3n) is 2.56. The Bertz CT molecular complexity index is 380. The lowest BCUT2D eigenvalue weighted by Gasteiger charge is -2.13. The highest BCUT2D eigenvalue weighted by Crippen LogP contribution is 2.26. The van der Waals surface area contributed by atoms with Crippen LogP contribution in [0, 0.1) is 0 Å². The molecule has 2 nitrogen and oxygen atoms in total. The molecule has 0 aliphatic carbocycles. The summed E-state index contributed by atoms with van der Waals surface area (Å²) in [5, 5.41) is 4.24. The summed E-state index contributed by atoms with van der Waals surface area (Å²) < 4.78 is 35.8. The van der Waals surface area contributed by atoms with Crippen LogP contribution in [0.4, 0.5) is 13.2 Å². The highest BCUT2D eigenvalue weighted by atomic mass is 32.1. The second-order valence-corrected chi connectivity index (χ2v) is 6.75. The smallest absolute Gasteiger partial charge is 0.312 e. The van der Waals surface area contributed by atoms with Gasteiger partial charge in [0.25, 0.3) is 0 Å². The minimum Gasteiger partial charge on any atom is -0.312 e. The summed E-state index contributed by atoms with van der Waals surface area (Å²) in [4.78, 5) is 5.49. The molecule has 1 aromatic heterocycles. The number of nitrogens with one attached hydrogen (secondary N) is 1. The fourth-order valence-corrected chi connectivity index (χ4v) is 2.46. The van der Waals surface area contributed by atoms with Gasteiger partial charge in [-0.05, 0) is 19.4 Å². The molecule has 0 radical (unpaired) electrons. The fourth-order valence-electron chi connectivity index (χ4n) is 1.52. The minimum absolute atomic E-state index is 0.0512. The standard InChI is InChI=1S/C13H21F3N2S/c1-12(2,3)11-18-9-10(19-11)8-17-7-5-4-6-13(14,15)16/h9,17H,4-8H2,1-3H3. The number of halogens is 3. The summed E-state index contributed by atoms with van der Waals surface area (Å²) in [5.74, 6) is 0. The van der Waals surface area contributed by atoms with Crippen molar-refractivity contribution in [1.82, 2.24) is 10.3 Å². The van der Waals surface area contributed by atoms with Crippen molar-refractivity contribution >= 4 is 11.3 Å². The van der Waals surface area contributed by atoms with E-state index < -0.39 is 12.6 Å². The van der Waals surface area contributed by atoms with Gasteiger partial charge in [0.2, 0.25) is 0 Å². The van der Waals surface area contributed by atoms with Crippen LogP contribution in [0.25, 0.3) is 0 Å². The summed E-state index contributed by atoms with van der Waals surface area (Å²) in [7, 11) is 0. The monoisotopic (exact) mass is 294 g/mol. The van der Waals surface area contributed by atoms with Gasteiger partial charge in [-0.2, -0.15) is 13.2 Å². The lowest BCUT2D eigenvalue weighted by Crippen LogP contribution is -2.15. The molecule has 0 aliphatic heterocycles. The summed E-state index contributed by atoms with van der Waals surface area (Å²) in [5.41, 5.74) is 0.0512. The van der Waals surface area contributed by atoms with Gasteiger partial charge in [-0.25, -0.2) is 4.98 Å². The van der Waals surface area contributed by atoms with Gasteiger partial charge in [-0.15, -0.1) is 11.3 Å². The van der Waals surface area contributed by atoms with Crippen molar-refractivity contribution in [3.63, 3.8) is 0 Å². The van der Waals surface area contributed by atoms with E-state index in [1.165, 1.54) is 0 Å². The van der Waals surface area contributed by atoms with Crippen molar-refractivity contribution in [3.05, 3.63) is 16.1 Å². The van der Waals surface area contributed by atoms with Crippen molar-refractivity contribution in [3.8, 4) is 0 Å². The van der Waals surface area contributed by atoms with Crippen LogP contribution in [0.15, 0.2) is 6.20 Å². The summed E-state index contributed by atoms with van der Waals surface area (Å²) >= 11 is 1.65. The SMILES string of the molecule is CC(C)(C)c1ncc(CNCCCCC(F)(F)F)s1. The van der Waals surface area contributed by atoms with Crippen molar-refractivity contribution in [1.29, 1.82) is 0 Å². The Morgan fingerprint density at radius 3 is 2.42 bits per heavy atom. The van der Waals surface area contributed by atoms with Crippen molar-refractivity contribution < 1.29 is 13.2 Å². The van der Waals surface area contributed by atoms with E-state index in [0.29, 0.717) is 19.5 Å². The van der Waals surface area contributed by atoms with Crippen LogP contribution in [0.1, 0.15) is 49.9 Å². The molecular weight excluding hydrogens is 273 g/mol. The van der Waals surface area contributed by atoms with Gasteiger partial charge in [0, 0.05) is 29.5 Å². The molecule has 0 bridgehead atoms. The number of unbranched alkanes of at least 4 members (excludes halogenated alkanes) is 1. The van der Waals surface area contributed by atoms with Crippen molar-refractivity contribution in [2.24, 2.45) is 0 Å². The molecule has 19 heavy (non-hydrogen) atoms. The molecule has 0 atom stereocenters. The van der Waals surface area contributed by atoms with Crippen LogP contribution in [-0.4, -0.2) is 17.7 Å². The zero-order valence-electron chi connectivity index (χ0n) is 11.6. The molecule has 0 aromatic carbocycles. The number of rotatable bonds is 6. The van der Waals surface area contributed by atoms with Crippen LogP contribution in [-0.2, 0) is 12.0 Å². The van der Waals surface area contributed by atoms with Crippen molar-refractivity contribution in [2.45, 2.75) is 58.2 Å². The number of thiazole rings is 1. The van der Waals surface area contributed by atoms with Gasteiger partial charge in [0.1, 0.15) is 0 Å². The number of nitrogens with zero attached hydrogens (tertiary/aromatic N) is 1. The summed E-state index contributed by atoms with van der Waals surface area (Å²) in [6.45, 7) is 7.62. The van der Waals surface area contributed by atoms with Gasteiger partial charge >= 0.3 is 6.18 Å². The molecule has 0 fully saturated rings. The van der Waals surface area contributed by atoms with Crippen LogP contribution in [0.2, 0.25) is 0 Å². The van der Waals surface area contributed by atoms with Crippen LogP contribution < -0.4 is 5.32 Å². The summed E-state index contributed by atoms with van der Waals surface area (Å²) in [6.07, 6.45) is -2.15. The normalized spacial score (nSPS) is 12.9. The highest BCUT2D eigenvalue weighted by Gasteiger charge is 2.25. The second-order valence-electron chi connectivity index (χ2n) is 5.63. The lowest BCUT2D eigenvalue weighted by atomic mass is 9.98. The Morgan fingerprint density at radius 2 is 1.89 bits per heavy atom. The van der Waals surface area contributed by atoms with Gasteiger partial charge in [0.05, 0.1) is 5.01 Å². The molecule has 0 saturated carbocycles. The zero-order valence-corrected chi connectivity index (χ0v) is 12.4. The quantitative estimate of drug-likeness (QED) is 0.793. The van der Waals surface area contributed by atoms with E-state index >= 15 is 0 Å². The van der Waals surface area contributed by atoms with E-state index in [1.807, 2.05) is 6.20 Å². The molecule has 0 spiro atoms. The predicted octanol–water partition coefficient (Wildman–Crippen LogP) is 4.26. The molecule has 0 aliphatic rings. The highest BCUT2D eigenvalue weighted by molar-refractivity contribution is 7.11. The molecule has 0 unspecified atom stereocenters. The molecule has 0 saturated heterocycles. The maximum Gasteiger partial charge on any atom is 0.389 e. The average Bonchev–Trinajstić information content (AvgIpc) is 2.69. The van der Waals surface area contributed by atoms with E-state index in [0.717, 1.165) is 9.88 Å². The zero-order chi connectivity index (χ0) is 14.5. The predicted molar refractivity (Wildman–Crippen MR) is 72.4 cm³/mol. The third kappa shape index (κ3) is 6.92. The Kier molecular flexibility index (Phi) is 5.80. The van der Waals surface area contributed by atoms with Gasteiger partial charge < -0.3 is 5.32 Å². The van der Waals surface area contributed by atoms with E-state index in [-0.39, 0.29) is 11.8 Å². The maximum atomic E-state index is 11.9. The van der Waals surface area contributed by atoms with E-state index in [2.05, 4.69) is 31.1 Å². The molecular formula is C13H21F3N2S. The Hall–Kier alpha value is -0.620. The number of alkyl halides is 3. The first kappa shape index (κ1) is 16.4. The number of hydrogen-bond donors (Lipinski definition) is 1. The van der Waals surface area contributed by atoms with E-state index in [9.17, 15) is 13.2 Å². The van der Waals surface area contributed by atoms with E-state index in [1.54, 1.807) is 11.3 Å². The lowest BCUT2D eigenvalue weighted by molar-refractivity contribution is -0.135. The molecule has 1 rings (SSSR count). The average molecular weight is 294 g/mol. The van der Waals surface area contributed by atoms with Crippen LogP contribution in [0.3, 0.4) is 0 Å².